The van der Waals surface area contributed by atoms with Gasteiger partial charge in [-0.1, -0.05) is 26.3 Å². The van der Waals surface area contributed by atoms with Crippen LogP contribution in [0.1, 0.15) is 77.0 Å². The molecule has 17 nitrogen and oxygen atoms in total. The number of hydrogen-bond acceptors (Lipinski definition) is 17. The minimum Gasteiger partial charge on any atom is -0.463 e. The van der Waals surface area contributed by atoms with Crippen molar-refractivity contribution in [1.82, 2.24) is 0 Å². The fraction of sp³-hybridized carbons (Fsp3) is 0.579. The molecule has 0 amide bonds. The van der Waals surface area contributed by atoms with Crippen LogP contribution in [0.5, 0.6) is 0 Å². The van der Waals surface area contributed by atoms with E-state index in [2.05, 4.69) is 26.3 Å². The molecule has 1 saturated heterocycles. The average Bonchev–Trinajstić information content (AvgIpc) is 3.17. The zero-order valence-electron chi connectivity index (χ0n) is 31.1. The van der Waals surface area contributed by atoms with Crippen LogP contribution in [0, 0.1) is 0 Å². The maximum atomic E-state index is 13.1. The Morgan fingerprint density at radius 1 is 0.455 bits per heavy atom. The highest BCUT2D eigenvalue weighted by molar-refractivity contribution is 5.82. The quantitative estimate of drug-likeness (QED) is 0.0460. The molecule has 0 aliphatic carbocycles. The number of hydrogen-bond donors (Lipinski definition) is 0. The van der Waals surface area contributed by atoms with Crippen molar-refractivity contribution in [3.05, 3.63) is 50.6 Å². The fourth-order valence-electron chi connectivity index (χ4n) is 4.67. The van der Waals surface area contributed by atoms with Gasteiger partial charge in [-0.3, -0.25) is 19.2 Å². The minimum atomic E-state index is -1.40. The maximum Gasteiger partial charge on any atom is 0.330 e. The second-order valence-electron chi connectivity index (χ2n) is 11.8. The van der Waals surface area contributed by atoms with Crippen LogP contribution in [0.25, 0.3) is 0 Å². The maximum absolute atomic E-state index is 13.1. The van der Waals surface area contributed by atoms with E-state index in [0.29, 0.717) is 32.1 Å². The molecule has 0 N–H and O–H groups in total. The normalized spacial score (nSPS) is 17.2. The van der Waals surface area contributed by atoms with Crippen LogP contribution >= 0.6 is 0 Å². The molecule has 306 valence electrons. The van der Waals surface area contributed by atoms with Gasteiger partial charge in [0, 0.05) is 50.0 Å². The molecule has 0 radical (unpaired) electrons. The number of rotatable bonds is 29. The Hall–Kier alpha value is -5.32. The van der Waals surface area contributed by atoms with Gasteiger partial charge in [0.2, 0.25) is 0 Å². The van der Waals surface area contributed by atoms with Gasteiger partial charge >= 0.3 is 47.8 Å². The van der Waals surface area contributed by atoms with E-state index in [1.54, 1.807) is 0 Å². The smallest absolute Gasteiger partial charge is 0.330 e. The first-order valence-electron chi connectivity index (χ1n) is 18.0. The lowest BCUT2D eigenvalue weighted by molar-refractivity contribution is -0.233. The number of esters is 8. The summed E-state index contributed by atoms with van der Waals surface area (Å²) in [4.78, 5) is 96.7. The molecule has 0 bridgehead atoms. The van der Waals surface area contributed by atoms with E-state index in [1.165, 1.54) is 0 Å². The molecule has 1 heterocycles. The summed E-state index contributed by atoms with van der Waals surface area (Å²) in [7, 11) is 0. The summed E-state index contributed by atoms with van der Waals surface area (Å²) in [6.45, 7) is 12.7. The Kier molecular flexibility index (Phi) is 25.2. The third-order valence-electron chi connectivity index (χ3n) is 7.50. The van der Waals surface area contributed by atoms with Crippen molar-refractivity contribution < 1.29 is 81.0 Å². The van der Waals surface area contributed by atoms with Gasteiger partial charge in [0.1, 0.15) is 12.7 Å². The molecule has 1 fully saturated rings. The summed E-state index contributed by atoms with van der Waals surface area (Å²) < 4.78 is 48.1. The van der Waals surface area contributed by atoms with Crippen LogP contribution < -0.4 is 0 Å². The van der Waals surface area contributed by atoms with Crippen molar-refractivity contribution in [1.29, 1.82) is 0 Å². The van der Waals surface area contributed by atoms with Gasteiger partial charge in [-0.15, -0.1) is 0 Å². The highest BCUT2D eigenvalue weighted by Crippen LogP contribution is 2.26. The fourth-order valence-corrected chi connectivity index (χ4v) is 4.67. The molecule has 17 heteroatoms. The number of unbranched alkanes of at least 4 members (excludes halogenated alkanes) is 4. The topological polar surface area (TPSA) is 220 Å². The Morgan fingerprint density at radius 3 is 1.18 bits per heavy atom. The molecule has 0 aromatic rings. The molecule has 1 aliphatic heterocycles. The standard InChI is InChI=1S/C38H52O17/c1-5-29(39)47-21-13-9-17-33(43)52-25-27-37(54-35(45)19-11-15-23-49-31(41)7-3)38(55-36(46)20-12-16-24-50-32(42)8-4)28(26-51-27)53-34(44)18-10-14-22-48-30(40)6-2/h5-8,27-28,37-38H,1-4,9-26H2/t27-,28+,37-,38?/m0/s1. The lowest BCUT2D eigenvalue weighted by Gasteiger charge is -2.40. The number of ether oxygens (including phenoxy) is 9. The molecule has 0 aromatic carbocycles. The predicted molar refractivity (Wildman–Crippen MR) is 190 cm³/mol. The summed E-state index contributed by atoms with van der Waals surface area (Å²) in [6.07, 6.45) is 0.925. The highest BCUT2D eigenvalue weighted by Gasteiger charge is 2.48. The van der Waals surface area contributed by atoms with E-state index in [0.717, 1.165) is 24.3 Å². The Balaban J connectivity index is 3.09. The summed E-state index contributed by atoms with van der Waals surface area (Å²) >= 11 is 0. The summed E-state index contributed by atoms with van der Waals surface area (Å²) in [6, 6.07) is 0. The van der Waals surface area contributed by atoms with Crippen LogP contribution in [0.4, 0.5) is 0 Å². The van der Waals surface area contributed by atoms with E-state index in [9.17, 15) is 38.4 Å². The lowest BCUT2D eigenvalue weighted by atomic mass is 9.99. The first kappa shape index (κ1) is 47.7. The van der Waals surface area contributed by atoms with Gasteiger partial charge in [0.25, 0.3) is 0 Å². The van der Waals surface area contributed by atoms with Gasteiger partial charge in [0.05, 0.1) is 33.0 Å². The minimum absolute atomic E-state index is 0.0294. The van der Waals surface area contributed by atoms with Gasteiger partial charge in [-0.25, -0.2) is 19.2 Å². The monoisotopic (exact) mass is 780 g/mol. The molecule has 0 aromatic heterocycles. The molecule has 1 aliphatic rings. The second kappa shape index (κ2) is 29.1. The molecule has 55 heavy (non-hydrogen) atoms. The van der Waals surface area contributed by atoms with E-state index < -0.39 is 78.8 Å². The first-order chi connectivity index (χ1) is 26.4. The zero-order chi connectivity index (χ0) is 40.8. The van der Waals surface area contributed by atoms with Crippen LogP contribution in [-0.4, -0.2) is 112 Å². The summed E-state index contributed by atoms with van der Waals surface area (Å²) in [5.74, 6) is -5.25. The molecular formula is C38H52O17. The lowest BCUT2D eigenvalue weighted by Crippen LogP contribution is -2.59. The van der Waals surface area contributed by atoms with Crippen LogP contribution in [0.15, 0.2) is 50.6 Å². The molecule has 1 unspecified atom stereocenters. The van der Waals surface area contributed by atoms with E-state index in [1.807, 2.05) is 0 Å². The van der Waals surface area contributed by atoms with Crippen molar-refractivity contribution in [3.63, 3.8) is 0 Å². The Morgan fingerprint density at radius 2 is 0.800 bits per heavy atom. The Bertz CT molecular complexity index is 1320. The van der Waals surface area contributed by atoms with Crippen molar-refractivity contribution in [2.45, 2.75) is 101 Å². The average molecular weight is 781 g/mol. The van der Waals surface area contributed by atoms with Crippen molar-refractivity contribution in [2.75, 3.05) is 39.6 Å². The second-order valence-corrected chi connectivity index (χ2v) is 11.8. The van der Waals surface area contributed by atoms with E-state index in [-0.39, 0.29) is 78.0 Å². The van der Waals surface area contributed by atoms with Crippen molar-refractivity contribution >= 4 is 47.8 Å². The van der Waals surface area contributed by atoms with Gasteiger partial charge in [0.15, 0.2) is 18.3 Å². The molecule has 4 atom stereocenters. The highest BCUT2D eigenvalue weighted by atomic mass is 16.7. The molecule has 0 spiro atoms. The van der Waals surface area contributed by atoms with Crippen LogP contribution in [0.3, 0.4) is 0 Å². The molecule has 1 rings (SSSR count). The third kappa shape index (κ3) is 22.5. The van der Waals surface area contributed by atoms with Crippen LogP contribution in [0.2, 0.25) is 0 Å². The SMILES string of the molecule is C=CC(=O)OCCCCC(=O)OC[C@@H]1OC[C@@H](OC(=O)CCCCOC(=O)C=C)C(OC(=O)CCCCOC(=O)C=C)[C@H]1OC(=O)CCCCOC(=O)C=C. The summed E-state index contributed by atoms with van der Waals surface area (Å²) in [5.41, 5.74) is 0. The third-order valence-corrected chi connectivity index (χ3v) is 7.50. The van der Waals surface area contributed by atoms with E-state index in [4.69, 9.17) is 42.6 Å². The van der Waals surface area contributed by atoms with Crippen LogP contribution in [-0.2, 0) is 81.0 Å². The predicted octanol–water partition coefficient (Wildman–Crippen LogP) is 3.26. The summed E-state index contributed by atoms with van der Waals surface area (Å²) in [5, 5.41) is 0. The zero-order valence-corrected chi connectivity index (χ0v) is 31.1. The van der Waals surface area contributed by atoms with Crippen molar-refractivity contribution in [3.8, 4) is 0 Å². The van der Waals surface area contributed by atoms with E-state index >= 15 is 0 Å². The number of carbonyl (C=O) groups excluding carboxylic acids is 8. The van der Waals surface area contributed by atoms with Gasteiger partial charge < -0.3 is 42.6 Å². The number of carbonyl (C=O) groups is 8. The first-order valence-corrected chi connectivity index (χ1v) is 18.0. The van der Waals surface area contributed by atoms with Gasteiger partial charge in [-0.05, 0) is 51.4 Å². The molecular weight excluding hydrogens is 728 g/mol. The molecule has 0 saturated carbocycles. The Labute approximate surface area is 320 Å². The van der Waals surface area contributed by atoms with Gasteiger partial charge in [-0.2, -0.15) is 0 Å². The van der Waals surface area contributed by atoms with Crippen molar-refractivity contribution in [2.24, 2.45) is 0 Å². The largest absolute Gasteiger partial charge is 0.463 e.